The van der Waals surface area contributed by atoms with Gasteiger partial charge in [0.25, 0.3) is 0 Å². The molecule has 3 atom stereocenters. The van der Waals surface area contributed by atoms with Gasteiger partial charge in [-0.3, -0.25) is 0 Å². The highest BCUT2D eigenvalue weighted by atomic mass is 16.3. The Balaban J connectivity index is 2.20. The summed E-state index contributed by atoms with van der Waals surface area (Å²) in [7, 11) is 2.19. The van der Waals surface area contributed by atoms with Crippen molar-refractivity contribution in [1.29, 1.82) is 0 Å². The van der Waals surface area contributed by atoms with Gasteiger partial charge in [-0.05, 0) is 13.5 Å². The van der Waals surface area contributed by atoms with Crippen molar-refractivity contribution in [1.82, 2.24) is 10.2 Å². The highest BCUT2D eigenvalue weighted by molar-refractivity contribution is 5.07. The zero-order chi connectivity index (χ0) is 11.8. The third kappa shape index (κ3) is 1.89. The van der Waals surface area contributed by atoms with Crippen LogP contribution in [0.3, 0.4) is 0 Å². The van der Waals surface area contributed by atoms with Gasteiger partial charge in [0.05, 0.1) is 6.10 Å². The molecule has 2 saturated heterocycles. The number of unbranched alkanes of at least 4 members (excludes halogenated alkanes) is 1. The Hall–Kier alpha value is -0.120. The Morgan fingerprint density at radius 2 is 2.12 bits per heavy atom. The number of aliphatic hydroxyl groups is 1. The average molecular weight is 226 g/mol. The van der Waals surface area contributed by atoms with Gasteiger partial charge < -0.3 is 15.3 Å². The number of rotatable bonds is 3. The van der Waals surface area contributed by atoms with Crippen LogP contribution in [0.1, 0.15) is 33.1 Å². The van der Waals surface area contributed by atoms with Crippen LogP contribution in [0.15, 0.2) is 0 Å². The number of nitrogens with one attached hydrogen (secondary N) is 1. The van der Waals surface area contributed by atoms with Crippen molar-refractivity contribution in [2.75, 3.05) is 33.2 Å². The number of likely N-dealkylation sites (tertiary alicyclic amines) is 1. The Labute approximate surface area is 99.2 Å². The first-order valence-electron chi connectivity index (χ1n) is 6.60. The van der Waals surface area contributed by atoms with E-state index in [2.05, 4.69) is 31.1 Å². The lowest BCUT2D eigenvalue weighted by Gasteiger charge is -2.58. The maximum absolute atomic E-state index is 10.7. The van der Waals surface area contributed by atoms with Gasteiger partial charge >= 0.3 is 0 Å². The molecule has 3 heteroatoms. The van der Waals surface area contributed by atoms with E-state index in [0.717, 1.165) is 32.6 Å². The summed E-state index contributed by atoms with van der Waals surface area (Å²) in [5.74, 6) is 0. The number of piperidine rings is 2. The second kappa shape index (κ2) is 4.28. The van der Waals surface area contributed by atoms with E-state index in [9.17, 15) is 5.11 Å². The monoisotopic (exact) mass is 226 g/mol. The summed E-state index contributed by atoms with van der Waals surface area (Å²) in [6.07, 6.45) is 3.46. The van der Waals surface area contributed by atoms with E-state index in [0.29, 0.717) is 0 Å². The number of nitrogens with zero attached hydrogens (tertiary/aromatic N) is 1. The van der Waals surface area contributed by atoms with Crippen molar-refractivity contribution >= 4 is 0 Å². The molecule has 0 unspecified atom stereocenters. The highest BCUT2D eigenvalue weighted by Crippen LogP contribution is 2.45. The maximum atomic E-state index is 10.7. The minimum absolute atomic E-state index is 0.0407. The lowest BCUT2D eigenvalue weighted by Crippen LogP contribution is -2.69. The van der Waals surface area contributed by atoms with Gasteiger partial charge in [0.2, 0.25) is 0 Å². The van der Waals surface area contributed by atoms with Crippen molar-refractivity contribution in [3.8, 4) is 0 Å². The fourth-order valence-electron chi connectivity index (χ4n) is 3.86. The lowest BCUT2D eigenvalue weighted by atomic mass is 9.61. The molecule has 2 heterocycles. The van der Waals surface area contributed by atoms with E-state index < -0.39 is 0 Å². The molecule has 2 bridgehead atoms. The molecule has 94 valence electrons. The first-order valence-corrected chi connectivity index (χ1v) is 6.60. The van der Waals surface area contributed by atoms with Crippen LogP contribution in [0.25, 0.3) is 0 Å². The van der Waals surface area contributed by atoms with Crippen molar-refractivity contribution in [3.63, 3.8) is 0 Å². The third-order valence-electron chi connectivity index (χ3n) is 4.49. The molecular formula is C13H26N2O. The summed E-state index contributed by atoms with van der Waals surface area (Å²) in [4.78, 5) is 2.41. The topological polar surface area (TPSA) is 35.5 Å². The van der Waals surface area contributed by atoms with E-state index in [1.807, 2.05) is 0 Å². The summed E-state index contributed by atoms with van der Waals surface area (Å²) in [6.45, 7) is 8.43. The second-order valence-electron chi connectivity index (χ2n) is 6.30. The molecule has 0 aromatic rings. The highest BCUT2D eigenvalue weighted by Gasteiger charge is 2.54. The van der Waals surface area contributed by atoms with Crippen molar-refractivity contribution < 1.29 is 5.11 Å². The summed E-state index contributed by atoms with van der Waals surface area (Å²) in [6, 6.07) is 0. The maximum Gasteiger partial charge on any atom is 0.0698 e. The van der Waals surface area contributed by atoms with Crippen LogP contribution in [0.2, 0.25) is 0 Å². The Kier molecular flexibility index (Phi) is 3.30. The predicted octanol–water partition coefficient (Wildman–Crippen LogP) is 1.08. The van der Waals surface area contributed by atoms with E-state index >= 15 is 0 Å². The smallest absolute Gasteiger partial charge is 0.0698 e. The van der Waals surface area contributed by atoms with Crippen LogP contribution in [0.4, 0.5) is 0 Å². The first-order chi connectivity index (χ1) is 7.52. The molecule has 0 aromatic carbocycles. The van der Waals surface area contributed by atoms with E-state index in [-0.39, 0.29) is 16.9 Å². The van der Waals surface area contributed by atoms with Crippen LogP contribution in [-0.4, -0.2) is 49.3 Å². The molecule has 0 aromatic heterocycles. The number of hydrogen-bond donors (Lipinski definition) is 2. The molecule has 2 aliphatic heterocycles. The number of fused-ring (bicyclic) bond motifs is 2. The van der Waals surface area contributed by atoms with Gasteiger partial charge in [-0.15, -0.1) is 0 Å². The van der Waals surface area contributed by atoms with Gasteiger partial charge in [0, 0.05) is 37.0 Å². The molecule has 2 N–H and O–H groups in total. The third-order valence-corrected chi connectivity index (χ3v) is 4.49. The summed E-state index contributed by atoms with van der Waals surface area (Å²) < 4.78 is 0. The molecule has 0 radical (unpaired) electrons. The van der Waals surface area contributed by atoms with E-state index in [1.165, 1.54) is 12.8 Å². The summed E-state index contributed by atoms with van der Waals surface area (Å²) >= 11 is 0. The zero-order valence-corrected chi connectivity index (χ0v) is 10.9. The van der Waals surface area contributed by atoms with E-state index in [1.54, 1.807) is 0 Å². The van der Waals surface area contributed by atoms with Crippen LogP contribution < -0.4 is 5.32 Å². The van der Waals surface area contributed by atoms with Crippen molar-refractivity contribution in [2.24, 2.45) is 10.8 Å². The molecule has 0 saturated carbocycles. The first kappa shape index (κ1) is 12.3. The fourth-order valence-corrected chi connectivity index (χ4v) is 3.86. The molecule has 2 rings (SSSR count). The Morgan fingerprint density at radius 1 is 1.38 bits per heavy atom. The van der Waals surface area contributed by atoms with Crippen LogP contribution >= 0.6 is 0 Å². The predicted molar refractivity (Wildman–Crippen MR) is 66.4 cm³/mol. The number of hydrogen-bond acceptors (Lipinski definition) is 3. The van der Waals surface area contributed by atoms with Crippen LogP contribution in [-0.2, 0) is 0 Å². The van der Waals surface area contributed by atoms with Gasteiger partial charge in [-0.25, -0.2) is 0 Å². The van der Waals surface area contributed by atoms with Gasteiger partial charge in [0.15, 0.2) is 0 Å². The molecular weight excluding hydrogens is 200 g/mol. The molecule has 2 fully saturated rings. The SMILES string of the molecule is CCCC[C@]12CNC[C@@](C)(CN(C)C1)[C@@H]2O. The quantitative estimate of drug-likeness (QED) is 0.756. The molecule has 16 heavy (non-hydrogen) atoms. The van der Waals surface area contributed by atoms with Crippen LogP contribution in [0.5, 0.6) is 0 Å². The largest absolute Gasteiger partial charge is 0.392 e. The second-order valence-corrected chi connectivity index (χ2v) is 6.30. The standard InChI is InChI=1S/C13H26N2O/c1-4-5-6-13-8-14-7-12(2,11(13)16)9-15(3)10-13/h11,14,16H,4-10H2,1-3H3/t11-,12-,13-/m0/s1. The number of aliphatic hydroxyl groups excluding tert-OH is 1. The molecule has 0 amide bonds. The van der Waals surface area contributed by atoms with Crippen LogP contribution in [0, 0.1) is 10.8 Å². The van der Waals surface area contributed by atoms with Gasteiger partial charge in [-0.2, -0.15) is 0 Å². The normalized spacial score (nSPS) is 44.6. The van der Waals surface area contributed by atoms with E-state index in [4.69, 9.17) is 0 Å². The Bertz CT molecular complexity index is 258. The van der Waals surface area contributed by atoms with Crippen molar-refractivity contribution in [2.45, 2.75) is 39.2 Å². The average Bonchev–Trinajstić information content (AvgIpc) is 2.20. The molecule has 0 aliphatic carbocycles. The van der Waals surface area contributed by atoms with Gasteiger partial charge in [-0.1, -0.05) is 26.7 Å². The molecule has 3 nitrogen and oxygen atoms in total. The zero-order valence-electron chi connectivity index (χ0n) is 10.9. The molecule has 0 spiro atoms. The van der Waals surface area contributed by atoms with Crippen molar-refractivity contribution in [3.05, 3.63) is 0 Å². The fraction of sp³-hybridized carbons (Fsp3) is 1.00. The Morgan fingerprint density at radius 3 is 2.81 bits per heavy atom. The lowest BCUT2D eigenvalue weighted by molar-refractivity contribution is -0.147. The summed E-state index contributed by atoms with van der Waals surface area (Å²) in [5.41, 5.74) is 0.134. The minimum atomic E-state index is -0.135. The molecule has 2 aliphatic rings. The van der Waals surface area contributed by atoms with Gasteiger partial charge in [0.1, 0.15) is 0 Å². The summed E-state index contributed by atoms with van der Waals surface area (Å²) in [5, 5.41) is 14.2. The minimum Gasteiger partial charge on any atom is -0.392 e.